The summed E-state index contributed by atoms with van der Waals surface area (Å²) in [5.74, 6) is -2.59. The second-order valence-corrected chi connectivity index (χ2v) is 4.15. The van der Waals surface area contributed by atoms with Crippen molar-refractivity contribution in [2.24, 2.45) is 0 Å². The minimum absolute atomic E-state index is 0.0840. The molecule has 0 fully saturated rings. The summed E-state index contributed by atoms with van der Waals surface area (Å²) in [7, 11) is 0. The Bertz CT molecular complexity index is 658. The minimum atomic E-state index is -1.36. The number of anilines is 1. The average molecular weight is 289 g/mol. The number of hydrogen-bond acceptors (Lipinski definition) is 3. The number of aromatic carboxylic acids is 1. The molecule has 0 atom stereocenters. The number of rotatable bonds is 5. The van der Waals surface area contributed by atoms with E-state index >= 15 is 0 Å². The molecule has 0 bridgehead atoms. The molecule has 2 aromatic rings. The molecule has 0 saturated heterocycles. The van der Waals surface area contributed by atoms with E-state index in [0.717, 1.165) is 12.1 Å². The van der Waals surface area contributed by atoms with E-state index in [4.69, 9.17) is 9.84 Å². The number of halogens is 1. The van der Waals surface area contributed by atoms with E-state index in [1.54, 1.807) is 24.3 Å². The van der Waals surface area contributed by atoms with Crippen LogP contribution in [-0.2, 0) is 4.79 Å². The Kier molecular flexibility index (Phi) is 4.50. The van der Waals surface area contributed by atoms with Crippen LogP contribution in [0.25, 0.3) is 0 Å². The molecule has 5 nitrogen and oxygen atoms in total. The molecule has 108 valence electrons. The quantitative estimate of drug-likeness (QED) is 0.887. The summed E-state index contributed by atoms with van der Waals surface area (Å²) in [5, 5.41) is 11.3. The maximum Gasteiger partial charge on any atom is 0.338 e. The monoisotopic (exact) mass is 289 g/mol. The van der Waals surface area contributed by atoms with Crippen LogP contribution >= 0.6 is 0 Å². The van der Waals surface area contributed by atoms with Crippen molar-refractivity contribution in [3.05, 3.63) is 59.9 Å². The minimum Gasteiger partial charge on any atom is -0.484 e. The van der Waals surface area contributed by atoms with E-state index in [9.17, 15) is 14.0 Å². The van der Waals surface area contributed by atoms with Crippen LogP contribution in [-0.4, -0.2) is 23.6 Å². The van der Waals surface area contributed by atoms with Gasteiger partial charge in [-0.15, -0.1) is 0 Å². The van der Waals surface area contributed by atoms with Crippen molar-refractivity contribution in [2.75, 3.05) is 11.9 Å². The zero-order chi connectivity index (χ0) is 15.2. The average Bonchev–Trinajstić information content (AvgIpc) is 2.46. The molecule has 2 N–H and O–H groups in total. The van der Waals surface area contributed by atoms with Crippen LogP contribution in [0, 0.1) is 5.82 Å². The molecule has 6 heteroatoms. The van der Waals surface area contributed by atoms with Gasteiger partial charge in [0.2, 0.25) is 0 Å². The lowest BCUT2D eigenvalue weighted by molar-refractivity contribution is -0.118. The highest BCUT2D eigenvalue weighted by atomic mass is 19.1. The number of carboxylic acids is 1. The summed E-state index contributed by atoms with van der Waals surface area (Å²) in [4.78, 5) is 22.3. The summed E-state index contributed by atoms with van der Waals surface area (Å²) in [5.41, 5.74) is 0.176. The van der Waals surface area contributed by atoms with Crippen molar-refractivity contribution in [3.63, 3.8) is 0 Å². The molecule has 21 heavy (non-hydrogen) atoms. The molecular weight excluding hydrogens is 277 g/mol. The highest BCUT2D eigenvalue weighted by Crippen LogP contribution is 2.16. The molecule has 0 spiro atoms. The first kappa shape index (κ1) is 14.5. The second kappa shape index (κ2) is 6.51. The van der Waals surface area contributed by atoms with Gasteiger partial charge in [-0.25, -0.2) is 9.18 Å². The van der Waals surface area contributed by atoms with Gasteiger partial charge in [0.1, 0.15) is 11.6 Å². The van der Waals surface area contributed by atoms with Crippen molar-refractivity contribution < 1.29 is 23.8 Å². The Morgan fingerprint density at radius 1 is 1.14 bits per heavy atom. The Labute approximate surface area is 120 Å². The van der Waals surface area contributed by atoms with Crippen LogP contribution in [0.2, 0.25) is 0 Å². The predicted molar refractivity (Wildman–Crippen MR) is 73.9 cm³/mol. The molecule has 0 unspecified atom stereocenters. The van der Waals surface area contributed by atoms with E-state index in [1.807, 2.05) is 6.07 Å². The molecule has 0 saturated carbocycles. The first-order valence-corrected chi connectivity index (χ1v) is 6.07. The van der Waals surface area contributed by atoms with E-state index in [0.29, 0.717) is 5.69 Å². The maximum absolute atomic E-state index is 13.4. The van der Waals surface area contributed by atoms with Gasteiger partial charge >= 0.3 is 5.97 Å². The number of carbonyl (C=O) groups is 2. The smallest absolute Gasteiger partial charge is 0.338 e. The summed E-state index contributed by atoms with van der Waals surface area (Å²) in [6.07, 6.45) is 0. The van der Waals surface area contributed by atoms with Crippen molar-refractivity contribution >= 4 is 17.6 Å². The molecule has 0 aliphatic heterocycles. The summed E-state index contributed by atoms with van der Waals surface area (Å²) in [6.45, 7) is -0.305. The molecule has 0 heterocycles. The van der Waals surface area contributed by atoms with Crippen LogP contribution < -0.4 is 10.1 Å². The van der Waals surface area contributed by atoms with Gasteiger partial charge < -0.3 is 15.2 Å². The zero-order valence-corrected chi connectivity index (χ0v) is 10.9. The van der Waals surface area contributed by atoms with Crippen molar-refractivity contribution in [2.45, 2.75) is 0 Å². The number of amides is 1. The normalized spacial score (nSPS) is 9.95. The molecular formula is C15H12FNO4. The number of carbonyl (C=O) groups excluding carboxylic acids is 1. The Hall–Kier alpha value is -2.89. The van der Waals surface area contributed by atoms with Crippen LogP contribution in [0.15, 0.2) is 48.5 Å². The molecule has 2 rings (SSSR count). The van der Waals surface area contributed by atoms with Crippen LogP contribution in [0.1, 0.15) is 10.4 Å². The fraction of sp³-hybridized carbons (Fsp3) is 0.0667. The van der Waals surface area contributed by atoms with Gasteiger partial charge in [-0.3, -0.25) is 4.79 Å². The predicted octanol–water partition coefficient (Wildman–Crippen LogP) is 2.54. The van der Waals surface area contributed by atoms with Crippen molar-refractivity contribution in [3.8, 4) is 5.75 Å². The zero-order valence-electron chi connectivity index (χ0n) is 10.9. The van der Waals surface area contributed by atoms with E-state index in [-0.39, 0.29) is 12.4 Å². The lowest BCUT2D eigenvalue weighted by atomic mass is 10.2. The van der Waals surface area contributed by atoms with Crippen molar-refractivity contribution in [1.82, 2.24) is 0 Å². The first-order chi connectivity index (χ1) is 10.1. The number of carboxylic acid groups (broad SMARTS) is 1. The van der Waals surface area contributed by atoms with Gasteiger partial charge in [-0.05, 0) is 24.3 Å². The topological polar surface area (TPSA) is 75.6 Å². The SMILES string of the molecule is O=C(COc1ccc(C(=O)O)c(F)c1)Nc1ccccc1. The van der Waals surface area contributed by atoms with Crippen molar-refractivity contribution in [1.29, 1.82) is 0 Å². The summed E-state index contributed by atoms with van der Waals surface area (Å²) < 4.78 is 18.5. The molecule has 2 aromatic carbocycles. The number of benzene rings is 2. The molecule has 0 aliphatic carbocycles. The first-order valence-electron chi connectivity index (χ1n) is 6.07. The highest BCUT2D eigenvalue weighted by Gasteiger charge is 2.11. The number of hydrogen-bond donors (Lipinski definition) is 2. The lowest BCUT2D eigenvalue weighted by Crippen LogP contribution is -2.20. The van der Waals surface area contributed by atoms with Gasteiger partial charge in [0.15, 0.2) is 6.61 Å². The molecule has 0 aromatic heterocycles. The van der Waals surface area contributed by atoms with Crippen LogP contribution in [0.5, 0.6) is 5.75 Å². The Morgan fingerprint density at radius 3 is 2.48 bits per heavy atom. The molecule has 1 amide bonds. The fourth-order valence-electron chi connectivity index (χ4n) is 1.63. The summed E-state index contributed by atoms with van der Waals surface area (Å²) >= 11 is 0. The fourth-order valence-corrected chi connectivity index (χ4v) is 1.63. The van der Waals surface area contributed by atoms with Crippen LogP contribution in [0.4, 0.5) is 10.1 Å². The second-order valence-electron chi connectivity index (χ2n) is 4.15. The molecule has 0 radical (unpaired) electrons. The van der Waals surface area contributed by atoms with Gasteiger partial charge in [0.05, 0.1) is 5.56 Å². The van der Waals surface area contributed by atoms with E-state index < -0.39 is 23.3 Å². The number of nitrogens with one attached hydrogen (secondary N) is 1. The number of ether oxygens (including phenoxy) is 1. The Balaban J connectivity index is 1.92. The Morgan fingerprint density at radius 2 is 1.86 bits per heavy atom. The molecule has 0 aliphatic rings. The van der Waals surface area contributed by atoms with Gasteiger partial charge in [-0.1, -0.05) is 18.2 Å². The standard InChI is InChI=1S/C15H12FNO4/c16-13-8-11(6-7-12(13)15(19)20)21-9-14(18)17-10-4-2-1-3-5-10/h1-8H,9H2,(H,17,18)(H,19,20). The third-order valence-electron chi connectivity index (χ3n) is 2.60. The van der Waals surface area contributed by atoms with Gasteiger partial charge in [0, 0.05) is 11.8 Å². The van der Waals surface area contributed by atoms with Gasteiger partial charge in [-0.2, -0.15) is 0 Å². The van der Waals surface area contributed by atoms with E-state index in [2.05, 4.69) is 5.32 Å². The van der Waals surface area contributed by atoms with Gasteiger partial charge in [0.25, 0.3) is 5.91 Å². The van der Waals surface area contributed by atoms with E-state index in [1.165, 1.54) is 6.07 Å². The summed E-state index contributed by atoms with van der Waals surface area (Å²) in [6, 6.07) is 12.1. The third kappa shape index (κ3) is 4.04. The third-order valence-corrected chi connectivity index (χ3v) is 2.60. The van der Waals surface area contributed by atoms with Crippen LogP contribution in [0.3, 0.4) is 0 Å². The highest BCUT2D eigenvalue weighted by molar-refractivity contribution is 5.91. The number of para-hydroxylation sites is 1. The largest absolute Gasteiger partial charge is 0.484 e. The lowest BCUT2D eigenvalue weighted by Gasteiger charge is -2.08. The maximum atomic E-state index is 13.4.